The first-order valence-corrected chi connectivity index (χ1v) is 8.69. The summed E-state index contributed by atoms with van der Waals surface area (Å²) >= 11 is 1.60. The van der Waals surface area contributed by atoms with Crippen LogP contribution >= 0.6 is 11.8 Å². The minimum absolute atomic E-state index is 0.0411. The van der Waals surface area contributed by atoms with Crippen LogP contribution in [0.5, 0.6) is 11.5 Å². The van der Waals surface area contributed by atoms with Crippen molar-refractivity contribution in [2.24, 2.45) is 0 Å². The largest absolute Gasteiger partial charge is 0.497 e. The molecule has 0 radical (unpaired) electrons. The zero-order valence-electron chi connectivity index (χ0n) is 13.9. The molecular formula is C18H18N2O4S. The molecule has 0 unspecified atom stereocenters. The van der Waals surface area contributed by atoms with Crippen molar-refractivity contribution in [3.63, 3.8) is 0 Å². The number of methoxy groups -OCH3 is 2. The zero-order valence-corrected chi connectivity index (χ0v) is 14.7. The van der Waals surface area contributed by atoms with E-state index in [1.54, 1.807) is 49.2 Å². The Bertz CT molecular complexity index is 823. The Hall–Kier alpha value is -2.67. The second-order valence-electron chi connectivity index (χ2n) is 5.38. The molecule has 25 heavy (non-hydrogen) atoms. The van der Waals surface area contributed by atoms with Crippen molar-refractivity contribution >= 4 is 35.0 Å². The standard InChI is InChI=1S/C18H18N2O4S/c1-23-12-4-5-13(15(10-12)24-2)20-18(22)11-3-6-16-14(9-11)19-17(21)7-8-25-16/h3-6,9-10H,7-8H2,1-2H3,(H,19,21)(H,20,22). The Kier molecular flexibility index (Phi) is 5.14. The van der Waals surface area contributed by atoms with Gasteiger partial charge in [0, 0.05) is 28.7 Å². The van der Waals surface area contributed by atoms with Crippen molar-refractivity contribution in [2.45, 2.75) is 11.3 Å². The fourth-order valence-corrected chi connectivity index (χ4v) is 3.39. The van der Waals surface area contributed by atoms with Crippen LogP contribution in [0.25, 0.3) is 0 Å². The van der Waals surface area contributed by atoms with E-state index < -0.39 is 0 Å². The number of nitrogens with one attached hydrogen (secondary N) is 2. The molecule has 0 aromatic heterocycles. The van der Waals surface area contributed by atoms with Crippen molar-refractivity contribution in [3.8, 4) is 11.5 Å². The van der Waals surface area contributed by atoms with Gasteiger partial charge in [0.1, 0.15) is 11.5 Å². The molecule has 7 heteroatoms. The molecule has 1 heterocycles. The average Bonchev–Trinajstić information content (AvgIpc) is 2.81. The van der Waals surface area contributed by atoms with Crippen LogP contribution in [0.2, 0.25) is 0 Å². The van der Waals surface area contributed by atoms with Crippen LogP contribution in [0.4, 0.5) is 11.4 Å². The van der Waals surface area contributed by atoms with Crippen molar-refractivity contribution < 1.29 is 19.1 Å². The number of benzene rings is 2. The van der Waals surface area contributed by atoms with Crippen LogP contribution in [0.1, 0.15) is 16.8 Å². The third kappa shape index (κ3) is 3.88. The summed E-state index contributed by atoms with van der Waals surface area (Å²) in [6.07, 6.45) is 0.462. The van der Waals surface area contributed by atoms with E-state index in [0.29, 0.717) is 34.9 Å². The van der Waals surface area contributed by atoms with Gasteiger partial charge in [-0.1, -0.05) is 0 Å². The molecule has 130 valence electrons. The molecule has 0 aliphatic carbocycles. The van der Waals surface area contributed by atoms with E-state index in [-0.39, 0.29) is 11.8 Å². The molecule has 1 aliphatic rings. The first-order valence-electron chi connectivity index (χ1n) is 7.71. The molecule has 0 spiro atoms. The minimum atomic E-state index is -0.283. The Labute approximate surface area is 149 Å². The van der Waals surface area contributed by atoms with Gasteiger partial charge >= 0.3 is 0 Å². The lowest BCUT2D eigenvalue weighted by Crippen LogP contribution is -2.14. The maximum absolute atomic E-state index is 12.6. The maximum Gasteiger partial charge on any atom is 0.255 e. The number of thioether (sulfide) groups is 1. The van der Waals surface area contributed by atoms with Gasteiger partial charge in [0.25, 0.3) is 5.91 Å². The highest BCUT2D eigenvalue weighted by molar-refractivity contribution is 7.99. The highest BCUT2D eigenvalue weighted by atomic mass is 32.2. The predicted molar refractivity (Wildman–Crippen MR) is 97.9 cm³/mol. The van der Waals surface area contributed by atoms with Gasteiger partial charge in [0.15, 0.2) is 0 Å². The number of anilines is 2. The van der Waals surface area contributed by atoms with Crippen LogP contribution in [0.15, 0.2) is 41.3 Å². The number of hydrogen-bond acceptors (Lipinski definition) is 5. The fourth-order valence-electron chi connectivity index (χ4n) is 2.46. The lowest BCUT2D eigenvalue weighted by molar-refractivity contribution is -0.115. The van der Waals surface area contributed by atoms with E-state index in [9.17, 15) is 9.59 Å². The van der Waals surface area contributed by atoms with E-state index in [0.717, 1.165) is 10.6 Å². The second kappa shape index (κ2) is 7.48. The van der Waals surface area contributed by atoms with E-state index in [4.69, 9.17) is 9.47 Å². The molecule has 2 aromatic rings. The number of hydrogen-bond donors (Lipinski definition) is 2. The molecule has 0 atom stereocenters. The highest BCUT2D eigenvalue weighted by Gasteiger charge is 2.17. The normalized spacial score (nSPS) is 13.3. The van der Waals surface area contributed by atoms with Gasteiger partial charge in [0.05, 0.1) is 25.6 Å². The summed E-state index contributed by atoms with van der Waals surface area (Å²) in [7, 11) is 3.09. The van der Waals surface area contributed by atoms with Gasteiger partial charge in [-0.3, -0.25) is 9.59 Å². The Balaban J connectivity index is 1.83. The van der Waals surface area contributed by atoms with E-state index >= 15 is 0 Å². The molecule has 2 amide bonds. The van der Waals surface area contributed by atoms with Crippen LogP contribution in [-0.2, 0) is 4.79 Å². The Morgan fingerprint density at radius 3 is 2.76 bits per heavy atom. The van der Waals surface area contributed by atoms with Crippen LogP contribution < -0.4 is 20.1 Å². The summed E-state index contributed by atoms with van der Waals surface area (Å²) in [5, 5.41) is 5.66. The third-order valence-electron chi connectivity index (χ3n) is 3.76. The summed E-state index contributed by atoms with van der Waals surface area (Å²) < 4.78 is 10.4. The van der Waals surface area contributed by atoms with Crippen molar-refractivity contribution in [2.75, 3.05) is 30.6 Å². The second-order valence-corrected chi connectivity index (χ2v) is 6.51. The molecular weight excluding hydrogens is 340 g/mol. The number of amides is 2. The molecule has 1 aliphatic heterocycles. The van der Waals surface area contributed by atoms with Crippen molar-refractivity contribution in [1.29, 1.82) is 0 Å². The fraction of sp³-hybridized carbons (Fsp3) is 0.222. The lowest BCUT2D eigenvalue weighted by Gasteiger charge is -2.13. The zero-order chi connectivity index (χ0) is 17.8. The quantitative estimate of drug-likeness (QED) is 0.876. The minimum Gasteiger partial charge on any atom is -0.497 e. The first kappa shape index (κ1) is 17.2. The summed E-state index contributed by atoms with van der Waals surface area (Å²) in [6, 6.07) is 10.4. The molecule has 2 N–H and O–H groups in total. The van der Waals surface area contributed by atoms with Crippen LogP contribution in [0.3, 0.4) is 0 Å². The summed E-state index contributed by atoms with van der Waals surface area (Å²) in [5.41, 5.74) is 1.67. The number of carbonyl (C=O) groups is 2. The topological polar surface area (TPSA) is 76.7 Å². The molecule has 2 aromatic carbocycles. The van der Waals surface area contributed by atoms with Gasteiger partial charge in [-0.15, -0.1) is 11.8 Å². The van der Waals surface area contributed by atoms with Gasteiger partial charge in [-0.05, 0) is 30.3 Å². The molecule has 6 nitrogen and oxygen atoms in total. The number of rotatable bonds is 4. The lowest BCUT2D eigenvalue weighted by atomic mass is 10.1. The van der Waals surface area contributed by atoms with Gasteiger partial charge in [0.2, 0.25) is 5.91 Å². The maximum atomic E-state index is 12.6. The summed E-state index contributed by atoms with van der Waals surface area (Å²) in [6.45, 7) is 0. The first-order chi connectivity index (χ1) is 12.1. The summed E-state index contributed by atoms with van der Waals surface area (Å²) in [4.78, 5) is 25.2. The molecule has 3 rings (SSSR count). The Morgan fingerprint density at radius 1 is 1.16 bits per heavy atom. The van der Waals surface area contributed by atoms with Gasteiger partial charge in [-0.2, -0.15) is 0 Å². The van der Waals surface area contributed by atoms with Crippen LogP contribution in [0, 0.1) is 0 Å². The van der Waals surface area contributed by atoms with E-state index in [1.807, 2.05) is 6.07 Å². The van der Waals surface area contributed by atoms with Crippen LogP contribution in [-0.4, -0.2) is 31.8 Å². The van der Waals surface area contributed by atoms with Crippen molar-refractivity contribution in [3.05, 3.63) is 42.0 Å². The number of fused-ring (bicyclic) bond motifs is 1. The Morgan fingerprint density at radius 2 is 2.00 bits per heavy atom. The number of ether oxygens (including phenoxy) is 2. The molecule has 0 saturated carbocycles. The SMILES string of the molecule is COc1ccc(NC(=O)c2ccc3c(c2)NC(=O)CCS3)c(OC)c1. The van der Waals surface area contributed by atoms with Gasteiger partial charge in [-0.25, -0.2) is 0 Å². The average molecular weight is 358 g/mol. The monoisotopic (exact) mass is 358 g/mol. The predicted octanol–water partition coefficient (Wildman–Crippen LogP) is 3.39. The molecule has 0 fully saturated rings. The van der Waals surface area contributed by atoms with Crippen molar-refractivity contribution in [1.82, 2.24) is 0 Å². The summed E-state index contributed by atoms with van der Waals surface area (Å²) in [5.74, 6) is 1.55. The molecule has 0 saturated heterocycles. The highest BCUT2D eigenvalue weighted by Crippen LogP contribution is 2.33. The molecule has 0 bridgehead atoms. The number of carbonyl (C=O) groups excluding carboxylic acids is 2. The third-order valence-corrected chi connectivity index (χ3v) is 4.83. The smallest absolute Gasteiger partial charge is 0.255 e. The van der Waals surface area contributed by atoms with E-state index in [1.165, 1.54) is 7.11 Å². The van der Waals surface area contributed by atoms with Gasteiger partial charge < -0.3 is 20.1 Å². The van der Waals surface area contributed by atoms with E-state index in [2.05, 4.69) is 10.6 Å².